The van der Waals surface area contributed by atoms with E-state index in [-0.39, 0.29) is 11.8 Å². The van der Waals surface area contributed by atoms with Crippen molar-refractivity contribution >= 4 is 29.3 Å². The number of piperazine rings is 1. The smallest absolute Gasteiger partial charge is 0.410 e. The predicted octanol–water partition coefficient (Wildman–Crippen LogP) is 3.82. The van der Waals surface area contributed by atoms with Crippen LogP contribution in [-0.4, -0.2) is 69.4 Å². The molecule has 1 amide bonds. The number of imidazole rings is 1. The van der Waals surface area contributed by atoms with Gasteiger partial charge in [-0.1, -0.05) is 11.6 Å². The number of nitrogens with zero attached hydrogens (tertiary/aromatic N) is 5. The highest BCUT2D eigenvalue weighted by atomic mass is 35.5. The second-order valence-electron chi connectivity index (χ2n) is 8.58. The zero-order valence-corrected chi connectivity index (χ0v) is 19.3. The maximum Gasteiger partial charge on any atom is 0.410 e. The third-order valence-electron chi connectivity index (χ3n) is 5.11. The molecular formula is C22H26ClN5O4. The molecule has 9 nitrogen and oxygen atoms in total. The average molecular weight is 460 g/mol. The predicted molar refractivity (Wildman–Crippen MR) is 122 cm³/mol. The highest BCUT2D eigenvalue weighted by Gasteiger charge is 2.26. The lowest BCUT2D eigenvalue weighted by Gasteiger charge is -2.36. The number of hydrogen-bond donors (Lipinski definition) is 1. The lowest BCUT2D eigenvalue weighted by Crippen LogP contribution is -2.50. The number of carbonyl (C=O) groups excluding carboxylic acids is 1. The molecule has 0 aliphatic carbocycles. The molecular weight excluding hydrogens is 434 g/mol. The molecule has 3 aromatic rings. The first kappa shape index (κ1) is 22.0. The van der Waals surface area contributed by atoms with E-state index in [1.807, 2.05) is 33.0 Å². The van der Waals surface area contributed by atoms with Gasteiger partial charge < -0.3 is 24.4 Å². The standard InChI is InChI=1S/C22H26ClN5O4/c1-22(2,3)32-21(30)27-9-7-26(8-10-27)19-5-6-28-13-16(24-20(28)25-19)14-11-15(23)18(31-4)12-17(14)29/h5-6,11-13,29H,7-10H2,1-4H3. The fraction of sp³-hybridized carbons (Fsp3) is 0.409. The molecule has 1 fully saturated rings. The third-order valence-corrected chi connectivity index (χ3v) is 5.41. The number of carbonyl (C=O) groups is 1. The lowest BCUT2D eigenvalue weighted by atomic mass is 10.1. The second kappa shape index (κ2) is 8.38. The van der Waals surface area contributed by atoms with Crippen LogP contribution in [0.25, 0.3) is 17.0 Å². The van der Waals surface area contributed by atoms with Crippen LogP contribution in [0.2, 0.25) is 5.02 Å². The second-order valence-corrected chi connectivity index (χ2v) is 8.98. The summed E-state index contributed by atoms with van der Waals surface area (Å²) in [6.45, 7) is 7.98. The van der Waals surface area contributed by atoms with Gasteiger partial charge >= 0.3 is 6.09 Å². The number of aromatic nitrogens is 3. The number of rotatable bonds is 3. The molecule has 1 N–H and O–H groups in total. The highest BCUT2D eigenvalue weighted by Crippen LogP contribution is 2.37. The molecule has 4 rings (SSSR count). The molecule has 10 heteroatoms. The first-order valence-corrected chi connectivity index (χ1v) is 10.7. The summed E-state index contributed by atoms with van der Waals surface area (Å²) in [5.74, 6) is 1.68. The van der Waals surface area contributed by atoms with Gasteiger partial charge in [-0.2, -0.15) is 4.98 Å². The van der Waals surface area contributed by atoms with Gasteiger partial charge in [0.05, 0.1) is 17.8 Å². The minimum absolute atomic E-state index is 0.0214. The zero-order valence-electron chi connectivity index (χ0n) is 18.5. The molecule has 1 saturated heterocycles. The number of amides is 1. The summed E-state index contributed by atoms with van der Waals surface area (Å²) in [6.07, 6.45) is 3.36. The summed E-state index contributed by atoms with van der Waals surface area (Å²) in [5, 5.41) is 10.7. The zero-order chi connectivity index (χ0) is 23.0. The molecule has 0 bridgehead atoms. The minimum atomic E-state index is -0.512. The first-order chi connectivity index (χ1) is 15.1. The molecule has 32 heavy (non-hydrogen) atoms. The van der Waals surface area contributed by atoms with Gasteiger partial charge in [0.25, 0.3) is 0 Å². The fourth-order valence-corrected chi connectivity index (χ4v) is 3.76. The number of phenols is 1. The number of anilines is 1. The van der Waals surface area contributed by atoms with Gasteiger partial charge in [-0.05, 0) is 32.9 Å². The van der Waals surface area contributed by atoms with Gasteiger partial charge in [-0.25, -0.2) is 9.78 Å². The van der Waals surface area contributed by atoms with E-state index in [2.05, 4.69) is 14.9 Å². The lowest BCUT2D eigenvalue weighted by molar-refractivity contribution is 0.0240. The summed E-state index contributed by atoms with van der Waals surface area (Å²) < 4.78 is 12.4. The Kier molecular flexibility index (Phi) is 5.77. The van der Waals surface area contributed by atoms with Gasteiger partial charge in [-0.3, -0.25) is 4.40 Å². The number of methoxy groups -OCH3 is 1. The summed E-state index contributed by atoms with van der Waals surface area (Å²) in [5.41, 5.74) is 0.530. The van der Waals surface area contributed by atoms with Crippen molar-refractivity contribution in [3.63, 3.8) is 0 Å². The van der Waals surface area contributed by atoms with Crippen LogP contribution in [0, 0.1) is 0 Å². The van der Waals surface area contributed by atoms with Gasteiger partial charge in [0.1, 0.15) is 22.9 Å². The largest absolute Gasteiger partial charge is 0.507 e. The highest BCUT2D eigenvalue weighted by molar-refractivity contribution is 6.32. The SMILES string of the molecule is COc1cc(O)c(-c2cn3ccc(N4CCN(C(=O)OC(C)(C)C)CC4)nc3n2)cc1Cl. The Hall–Kier alpha value is -3.20. The Balaban J connectivity index is 1.51. The van der Waals surface area contributed by atoms with Crippen molar-refractivity contribution in [2.75, 3.05) is 38.2 Å². The molecule has 0 saturated carbocycles. The monoisotopic (exact) mass is 459 g/mol. The summed E-state index contributed by atoms with van der Waals surface area (Å²) >= 11 is 6.22. The van der Waals surface area contributed by atoms with Crippen molar-refractivity contribution in [1.82, 2.24) is 19.3 Å². The molecule has 0 spiro atoms. The Morgan fingerprint density at radius 2 is 1.88 bits per heavy atom. The average Bonchev–Trinajstić information content (AvgIpc) is 3.17. The van der Waals surface area contributed by atoms with E-state index in [1.54, 1.807) is 21.6 Å². The molecule has 1 aromatic carbocycles. The van der Waals surface area contributed by atoms with Gasteiger partial charge in [-0.15, -0.1) is 0 Å². The van der Waals surface area contributed by atoms with Crippen molar-refractivity contribution in [3.05, 3.63) is 35.6 Å². The molecule has 0 atom stereocenters. The van der Waals surface area contributed by atoms with Gasteiger partial charge in [0.2, 0.25) is 5.78 Å². The van der Waals surface area contributed by atoms with Crippen LogP contribution < -0.4 is 9.64 Å². The van der Waals surface area contributed by atoms with Crippen LogP contribution >= 0.6 is 11.6 Å². The minimum Gasteiger partial charge on any atom is -0.507 e. The molecule has 0 unspecified atom stereocenters. The van der Waals surface area contributed by atoms with E-state index in [9.17, 15) is 9.90 Å². The van der Waals surface area contributed by atoms with E-state index in [1.165, 1.54) is 13.2 Å². The molecule has 170 valence electrons. The van der Waals surface area contributed by atoms with E-state index >= 15 is 0 Å². The molecule has 2 aromatic heterocycles. The molecule has 1 aliphatic rings. The number of halogens is 1. The Labute approximate surface area is 191 Å². The normalized spacial score (nSPS) is 14.7. The summed E-state index contributed by atoms with van der Waals surface area (Å²) in [7, 11) is 1.49. The Morgan fingerprint density at radius 3 is 2.53 bits per heavy atom. The van der Waals surface area contributed by atoms with Crippen molar-refractivity contribution in [2.45, 2.75) is 26.4 Å². The maximum absolute atomic E-state index is 12.3. The Bertz CT molecular complexity index is 1150. The van der Waals surface area contributed by atoms with Crippen LogP contribution in [0.3, 0.4) is 0 Å². The number of aromatic hydroxyl groups is 1. The Morgan fingerprint density at radius 1 is 1.16 bits per heavy atom. The quantitative estimate of drug-likeness (QED) is 0.636. The van der Waals surface area contributed by atoms with E-state index in [4.69, 9.17) is 21.1 Å². The number of benzene rings is 1. The third kappa shape index (κ3) is 4.52. The topological polar surface area (TPSA) is 92.4 Å². The van der Waals surface area contributed by atoms with Crippen LogP contribution in [0.4, 0.5) is 10.6 Å². The molecule has 1 aliphatic heterocycles. The summed E-state index contributed by atoms with van der Waals surface area (Å²) in [4.78, 5) is 25.3. The molecule has 0 radical (unpaired) electrons. The van der Waals surface area contributed by atoms with Crippen molar-refractivity contribution in [1.29, 1.82) is 0 Å². The van der Waals surface area contributed by atoms with Crippen molar-refractivity contribution in [3.8, 4) is 22.8 Å². The van der Waals surface area contributed by atoms with Crippen LogP contribution in [0.1, 0.15) is 20.8 Å². The van der Waals surface area contributed by atoms with E-state index in [0.29, 0.717) is 54.0 Å². The number of fused-ring (bicyclic) bond motifs is 1. The fourth-order valence-electron chi connectivity index (χ4n) is 3.52. The van der Waals surface area contributed by atoms with Gasteiger partial charge in [0, 0.05) is 50.2 Å². The maximum atomic E-state index is 12.3. The first-order valence-electron chi connectivity index (χ1n) is 10.3. The number of hydrogen-bond acceptors (Lipinski definition) is 7. The van der Waals surface area contributed by atoms with Gasteiger partial charge in [0.15, 0.2) is 0 Å². The van der Waals surface area contributed by atoms with Crippen molar-refractivity contribution in [2.24, 2.45) is 0 Å². The molecule has 3 heterocycles. The van der Waals surface area contributed by atoms with E-state index < -0.39 is 5.60 Å². The number of ether oxygens (including phenoxy) is 2. The van der Waals surface area contributed by atoms with Crippen molar-refractivity contribution < 1.29 is 19.4 Å². The van der Waals surface area contributed by atoms with Crippen LogP contribution in [0.5, 0.6) is 11.5 Å². The van der Waals surface area contributed by atoms with Crippen LogP contribution in [-0.2, 0) is 4.74 Å². The number of phenolic OH excluding ortho intramolecular Hbond substituents is 1. The summed E-state index contributed by atoms with van der Waals surface area (Å²) in [6, 6.07) is 4.99. The van der Waals surface area contributed by atoms with Crippen LogP contribution in [0.15, 0.2) is 30.6 Å². The van der Waals surface area contributed by atoms with E-state index in [0.717, 1.165) is 5.82 Å².